The van der Waals surface area contributed by atoms with Crippen LogP contribution in [0.15, 0.2) is 30.3 Å². The molecule has 1 rings (SSSR count). The largest absolute Gasteiger partial charge is 0.481 e. The SMILES string of the molecule is CC(C)C[C@H](NC(=O)OC(C)(C)C)[C@@H](CC(=O)O)NC(=O)OCc1ccccc1. The van der Waals surface area contributed by atoms with E-state index in [0.717, 1.165) is 5.56 Å². The molecule has 0 aliphatic carbocycles. The van der Waals surface area contributed by atoms with Crippen LogP contribution in [-0.4, -0.2) is 40.9 Å². The summed E-state index contributed by atoms with van der Waals surface area (Å²) in [5.41, 5.74) is 0.111. The number of carboxylic acid groups (broad SMARTS) is 1. The van der Waals surface area contributed by atoms with Crippen LogP contribution >= 0.6 is 0 Å². The molecule has 162 valence electrons. The molecule has 1 aromatic rings. The third-order valence-corrected chi connectivity index (χ3v) is 3.82. The number of carbonyl (C=O) groups excluding carboxylic acids is 2. The number of amides is 2. The molecule has 3 N–H and O–H groups in total. The van der Waals surface area contributed by atoms with Gasteiger partial charge in [0.1, 0.15) is 12.2 Å². The van der Waals surface area contributed by atoms with Crippen molar-refractivity contribution in [1.82, 2.24) is 10.6 Å². The molecule has 29 heavy (non-hydrogen) atoms. The first-order chi connectivity index (χ1) is 13.5. The van der Waals surface area contributed by atoms with Crippen LogP contribution in [0.3, 0.4) is 0 Å². The van der Waals surface area contributed by atoms with Crippen molar-refractivity contribution in [2.75, 3.05) is 0 Å². The van der Waals surface area contributed by atoms with Gasteiger partial charge in [-0.15, -0.1) is 0 Å². The maximum absolute atomic E-state index is 12.2. The number of benzene rings is 1. The number of hydrogen-bond donors (Lipinski definition) is 3. The fourth-order valence-electron chi connectivity index (χ4n) is 2.69. The molecule has 2 amide bonds. The maximum Gasteiger partial charge on any atom is 0.407 e. The summed E-state index contributed by atoms with van der Waals surface area (Å²) in [7, 11) is 0. The van der Waals surface area contributed by atoms with E-state index in [2.05, 4.69) is 10.6 Å². The fraction of sp³-hybridized carbons (Fsp3) is 0.571. The molecule has 0 saturated heterocycles. The van der Waals surface area contributed by atoms with E-state index in [4.69, 9.17) is 9.47 Å². The number of aliphatic carboxylic acids is 1. The van der Waals surface area contributed by atoms with Gasteiger partial charge in [-0.1, -0.05) is 44.2 Å². The second kappa shape index (κ2) is 11.3. The lowest BCUT2D eigenvalue weighted by Gasteiger charge is -2.30. The van der Waals surface area contributed by atoms with Gasteiger partial charge in [-0.2, -0.15) is 0 Å². The third-order valence-electron chi connectivity index (χ3n) is 3.82. The number of rotatable bonds is 9. The van der Waals surface area contributed by atoms with Crippen LogP contribution in [0.2, 0.25) is 0 Å². The van der Waals surface area contributed by atoms with Crippen LogP contribution in [0.25, 0.3) is 0 Å². The Labute approximate surface area is 172 Å². The Balaban J connectivity index is 2.83. The normalized spacial score (nSPS) is 13.3. The highest BCUT2D eigenvalue weighted by atomic mass is 16.6. The molecule has 0 saturated carbocycles. The molecule has 0 aliphatic rings. The van der Waals surface area contributed by atoms with Crippen molar-refractivity contribution in [1.29, 1.82) is 0 Å². The van der Waals surface area contributed by atoms with Crippen LogP contribution in [-0.2, 0) is 20.9 Å². The zero-order valence-electron chi connectivity index (χ0n) is 17.7. The molecule has 2 atom stereocenters. The van der Waals surface area contributed by atoms with Crippen LogP contribution < -0.4 is 10.6 Å². The van der Waals surface area contributed by atoms with Gasteiger partial charge < -0.3 is 25.2 Å². The van der Waals surface area contributed by atoms with Crippen molar-refractivity contribution in [2.45, 2.75) is 71.8 Å². The Kier molecular flexibility index (Phi) is 9.44. The van der Waals surface area contributed by atoms with Crippen molar-refractivity contribution in [3.05, 3.63) is 35.9 Å². The molecule has 0 bridgehead atoms. The lowest BCUT2D eigenvalue weighted by molar-refractivity contribution is -0.137. The van der Waals surface area contributed by atoms with Gasteiger partial charge in [0.2, 0.25) is 0 Å². The first-order valence-corrected chi connectivity index (χ1v) is 9.64. The standard InChI is InChI=1S/C21H32N2O6/c1-14(2)11-16(23-20(27)29-21(3,4)5)17(12-18(24)25)22-19(26)28-13-15-9-7-6-8-10-15/h6-10,14,16-17H,11-13H2,1-5H3,(H,22,26)(H,23,27)(H,24,25)/t16-,17+/m0/s1. The van der Waals surface area contributed by atoms with E-state index in [9.17, 15) is 19.5 Å². The van der Waals surface area contributed by atoms with Crippen LogP contribution in [0.1, 0.15) is 53.0 Å². The number of carboxylic acids is 1. The molecule has 0 aliphatic heterocycles. The van der Waals surface area contributed by atoms with Gasteiger partial charge in [-0.25, -0.2) is 9.59 Å². The van der Waals surface area contributed by atoms with Crippen molar-refractivity contribution in [2.24, 2.45) is 5.92 Å². The smallest absolute Gasteiger partial charge is 0.407 e. The summed E-state index contributed by atoms with van der Waals surface area (Å²) in [4.78, 5) is 35.8. The maximum atomic E-state index is 12.2. The minimum Gasteiger partial charge on any atom is -0.481 e. The Morgan fingerprint density at radius 2 is 1.59 bits per heavy atom. The number of hydrogen-bond acceptors (Lipinski definition) is 5. The molecular formula is C21H32N2O6. The predicted molar refractivity (Wildman–Crippen MR) is 108 cm³/mol. The molecule has 0 heterocycles. The van der Waals surface area contributed by atoms with E-state index in [1.165, 1.54) is 0 Å². The van der Waals surface area contributed by atoms with Crippen molar-refractivity contribution >= 4 is 18.2 Å². The summed E-state index contributed by atoms with van der Waals surface area (Å²) in [5.74, 6) is -0.952. The van der Waals surface area contributed by atoms with Crippen LogP contribution in [0, 0.1) is 5.92 Å². The first-order valence-electron chi connectivity index (χ1n) is 9.64. The van der Waals surface area contributed by atoms with Crippen molar-refractivity contribution < 1.29 is 29.0 Å². The highest BCUT2D eigenvalue weighted by Gasteiger charge is 2.30. The minimum absolute atomic E-state index is 0.0564. The van der Waals surface area contributed by atoms with Crippen LogP contribution in [0.4, 0.5) is 9.59 Å². The molecule has 8 nitrogen and oxygen atoms in total. The van der Waals surface area contributed by atoms with Crippen molar-refractivity contribution in [3.63, 3.8) is 0 Å². The monoisotopic (exact) mass is 408 g/mol. The van der Waals surface area contributed by atoms with Gasteiger partial charge in [-0.05, 0) is 38.7 Å². The van der Waals surface area contributed by atoms with Gasteiger partial charge in [0.25, 0.3) is 0 Å². The van der Waals surface area contributed by atoms with Crippen LogP contribution in [0.5, 0.6) is 0 Å². The zero-order valence-corrected chi connectivity index (χ0v) is 17.7. The Bertz CT molecular complexity index is 669. The third kappa shape index (κ3) is 11.0. The number of alkyl carbamates (subject to hydrolysis) is 2. The highest BCUT2D eigenvalue weighted by molar-refractivity contribution is 5.72. The molecule has 1 aromatic carbocycles. The van der Waals surface area contributed by atoms with Gasteiger partial charge in [0, 0.05) is 0 Å². The molecule has 8 heteroatoms. The predicted octanol–water partition coefficient (Wildman–Crippen LogP) is 3.70. The molecule has 0 radical (unpaired) electrons. The van der Waals surface area contributed by atoms with E-state index >= 15 is 0 Å². The number of ether oxygens (including phenoxy) is 2. The zero-order chi connectivity index (χ0) is 22.0. The molecule has 0 spiro atoms. The minimum atomic E-state index is -1.10. The van der Waals surface area contributed by atoms with E-state index in [-0.39, 0.29) is 18.9 Å². The Hall–Kier alpha value is -2.77. The highest BCUT2D eigenvalue weighted by Crippen LogP contribution is 2.14. The summed E-state index contributed by atoms with van der Waals surface area (Å²) in [6.07, 6.45) is -1.33. The van der Waals surface area contributed by atoms with Gasteiger partial charge >= 0.3 is 18.2 Å². The summed E-state index contributed by atoms with van der Waals surface area (Å²) in [6, 6.07) is 7.64. The molecule has 0 fully saturated rings. The van der Waals surface area contributed by atoms with E-state index in [1.807, 2.05) is 44.2 Å². The summed E-state index contributed by atoms with van der Waals surface area (Å²) in [6.45, 7) is 9.14. The van der Waals surface area contributed by atoms with Gasteiger partial charge in [0.05, 0.1) is 18.5 Å². The van der Waals surface area contributed by atoms with E-state index < -0.39 is 35.8 Å². The Morgan fingerprint density at radius 1 is 1.00 bits per heavy atom. The van der Waals surface area contributed by atoms with Gasteiger partial charge in [-0.3, -0.25) is 4.79 Å². The lowest BCUT2D eigenvalue weighted by Crippen LogP contribution is -2.53. The molecular weight excluding hydrogens is 376 g/mol. The quantitative estimate of drug-likeness (QED) is 0.574. The van der Waals surface area contributed by atoms with Crippen molar-refractivity contribution in [3.8, 4) is 0 Å². The Morgan fingerprint density at radius 3 is 2.10 bits per heavy atom. The average molecular weight is 408 g/mol. The molecule has 0 aromatic heterocycles. The first kappa shape index (κ1) is 24.3. The fourth-order valence-corrected chi connectivity index (χ4v) is 2.69. The van der Waals surface area contributed by atoms with E-state index in [0.29, 0.717) is 6.42 Å². The lowest BCUT2D eigenvalue weighted by atomic mass is 9.95. The number of carbonyl (C=O) groups is 3. The average Bonchev–Trinajstić information content (AvgIpc) is 2.57. The molecule has 0 unspecified atom stereocenters. The van der Waals surface area contributed by atoms with E-state index in [1.54, 1.807) is 20.8 Å². The summed E-state index contributed by atoms with van der Waals surface area (Å²) < 4.78 is 10.5. The second-order valence-corrected chi connectivity index (χ2v) is 8.29. The topological polar surface area (TPSA) is 114 Å². The number of nitrogens with one attached hydrogen (secondary N) is 2. The summed E-state index contributed by atoms with van der Waals surface area (Å²) >= 11 is 0. The van der Waals surface area contributed by atoms with Gasteiger partial charge in [0.15, 0.2) is 0 Å². The second-order valence-electron chi connectivity index (χ2n) is 8.29. The summed E-state index contributed by atoms with van der Waals surface area (Å²) in [5, 5.41) is 14.5.